The molecule has 0 radical (unpaired) electrons. The molecule has 0 aliphatic carbocycles. The van der Waals surface area contributed by atoms with E-state index < -0.39 is 42.5 Å². The predicted molar refractivity (Wildman–Crippen MR) is 74.3 cm³/mol. The number of nitrogens with one attached hydrogen (secondary N) is 1. The Kier molecular flexibility index (Phi) is 8.36. The summed E-state index contributed by atoms with van der Waals surface area (Å²) in [6.07, 6.45) is 2.85. The van der Waals surface area contributed by atoms with Gasteiger partial charge >= 0.3 is 77.8 Å². The van der Waals surface area contributed by atoms with Gasteiger partial charge in [-0.3, -0.25) is 0 Å². The first kappa shape index (κ1) is 24.1. The van der Waals surface area contributed by atoms with Crippen molar-refractivity contribution in [3.05, 3.63) is 0 Å². The summed E-state index contributed by atoms with van der Waals surface area (Å²) in [6.45, 7) is 9.50. The van der Waals surface area contributed by atoms with Crippen LogP contribution < -0.4 is 4.13 Å². The van der Waals surface area contributed by atoms with Crippen LogP contribution in [-0.4, -0.2) is 54.0 Å². The SMILES string of the molecule is CCC[PH](C)(C)C.O=S(=O)(NS(=O)(=O)C(F)(F)F)C(F)(F)F. The van der Waals surface area contributed by atoms with Crippen LogP contribution in [-0.2, 0) is 20.0 Å². The summed E-state index contributed by atoms with van der Waals surface area (Å²) in [5, 5.41) is 0. The van der Waals surface area contributed by atoms with E-state index in [9.17, 15) is 43.2 Å². The van der Waals surface area contributed by atoms with E-state index in [0.29, 0.717) is 0 Å². The van der Waals surface area contributed by atoms with E-state index in [0.717, 1.165) is 0 Å². The van der Waals surface area contributed by atoms with Crippen molar-refractivity contribution in [1.82, 2.24) is 4.13 Å². The predicted octanol–water partition coefficient (Wildman–Crippen LogP) is 2.31. The third kappa shape index (κ3) is 9.11. The first-order valence-electron chi connectivity index (χ1n) is 5.68. The molecule has 22 heavy (non-hydrogen) atoms. The van der Waals surface area contributed by atoms with E-state index in [1.165, 1.54) is 12.6 Å². The fourth-order valence-electron chi connectivity index (χ4n) is 0.989. The molecule has 0 bridgehead atoms. The molecule has 5 nitrogen and oxygen atoms in total. The van der Waals surface area contributed by atoms with Crippen molar-refractivity contribution in [3.63, 3.8) is 0 Å². The first-order valence-corrected chi connectivity index (χ1v) is 12.4. The number of rotatable bonds is 4. The Morgan fingerprint density at radius 2 is 1.09 bits per heavy atom. The maximum Gasteiger partial charge on any atom is 0.512 e. The Bertz CT molecular complexity index is 505. The van der Waals surface area contributed by atoms with Crippen LogP contribution in [0.5, 0.6) is 0 Å². The van der Waals surface area contributed by atoms with Gasteiger partial charge in [-0.1, -0.05) is 4.13 Å². The minimum absolute atomic E-state index is 0.493. The minimum atomic E-state index is -6.60. The van der Waals surface area contributed by atoms with E-state index in [1.807, 2.05) is 0 Å². The summed E-state index contributed by atoms with van der Waals surface area (Å²) < 4.78 is 108. The van der Waals surface area contributed by atoms with Crippen LogP contribution in [0.25, 0.3) is 0 Å². The number of hydrogen-bond acceptors (Lipinski definition) is 4. The van der Waals surface area contributed by atoms with E-state index in [1.54, 1.807) is 0 Å². The van der Waals surface area contributed by atoms with Gasteiger partial charge in [0.2, 0.25) is 0 Å². The molecule has 14 heteroatoms. The Morgan fingerprint density at radius 1 is 0.818 bits per heavy atom. The molecule has 0 amide bonds. The third-order valence-electron chi connectivity index (χ3n) is 1.83. The normalized spacial score (nSPS) is 15.0. The second kappa shape index (κ2) is 7.63. The largest absolute Gasteiger partial charge is 0.512 e. The standard InChI is InChI=1S/C6H17P.C2HF6NO4S2/c1-5-6-7(2,3)4;3-1(4,5)14(10,11)9-15(12,13)2(6,7)8/h7H,5-6H2,1-4H3;9H. The molecule has 0 rings (SSSR count). The zero-order valence-electron chi connectivity index (χ0n) is 12.1. The van der Waals surface area contributed by atoms with Crippen molar-refractivity contribution in [2.75, 3.05) is 26.2 Å². The zero-order chi connectivity index (χ0) is 18.6. The van der Waals surface area contributed by atoms with Crippen LogP contribution in [0.1, 0.15) is 13.3 Å². The van der Waals surface area contributed by atoms with E-state index in [-0.39, 0.29) is 0 Å². The van der Waals surface area contributed by atoms with E-state index in [4.69, 9.17) is 0 Å². The van der Waals surface area contributed by atoms with Crippen molar-refractivity contribution >= 4 is 27.3 Å². The molecular formula is C8H18F6NO4PS2. The molecule has 0 atom stereocenters. The average molecular weight is 401 g/mol. The van der Waals surface area contributed by atoms with Crippen molar-refractivity contribution in [2.24, 2.45) is 0 Å². The van der Waals surface area contributed by atoms with Gasteiger partial charge in [0.15, 0.2) is 0 Å². The smallest absolute Gasteiger partial charge is 0.202 e. The van der Waals surface area contributed by atoms with Gasteiger partial charge in [-0.25, -0.2) is 16.8 Å². The van der Waals surface area contributed by atoms with Crippen molar-refractivity contribution in [1.29, 1.82) is 0 Å². The Hall–Kier alpha value is -0.130. The fraction of sp³-hybridized carbons (Fsp3) is 1.00. The average Bonchev–Trinajstić information content (AvgIpc) is 2.10. The molecule has 0 aromatic rings. The van der Waals surface area contributed by atoms with Crippen molar-refractivity contribution in [2.45, 2.75) is 24.4 Å². The molecule has 0 aliphatic rings. The van der Waals surface area contributed by atoms with Gasteiger partial charge in [-0.15, -0.1) is 0 Å². The molecule has 0 fully saturated rings. The van der Waals surface area contributed by atoms with Crippen molar-refractivity contribution < 1.29 is 43.2 Å². The summed E-state index contributed by atoms with van der Waals surface area (Å²) in [4.78, 5) is 0. The van der Waals surface area contributed by atoms with Gasteiger partial charge < -0.3 is 0 Å². The van der Waals surface area contributed by atoms with Crippen LogP contribution in [0.2, 0.25) is 0 Å². The minimum Gasteiger partial charge on any atom is -0.202 e. The molecule has 0 unspecified atom stereocenters. The molecule has 0 heterocycles. The number of halogens is 6. The summed E-state index contributed by atoms with van der Waals surface area (Å²) in [6, 6.07) is 0. The van der Waals surface area contributed by atoms with Crippen LogP contribution in [0.4, 0.5) is 26.3 Å². The van der Waals surface area contributed by atoms with Gasteiger partial charge in [0.1, 0.15) is 0 Å². The van der Waals surface area contributed by atoms with E-state index >= 15 is 0 Å². The molecular weight excluding hydrogens is 383 g/mol. The molecule has 0 saturated heterocycles. The summed E-state index contributed by atoms with van der Waals surface area (Å²) in [5.41, 5.74) is -12.3. The maximum absolute atomic E-state index is 11.5. The van der Waals surface area contributed by atoms with Gasteiger partial charge in [0.25, 0.3) is 0 Å². The number of sulfonamides is 2. The van der Waals surface area contributed by atoms with Crippen LogP contribution in [0.3, 0.4) is 0 Å². The van der Waals surface area contributed by atoms with Gasteiger partial charge in [-0.05, 0) is 0 Å². The zero-order valence-corrected chi connectivity index (χ0v) is 14.8. The summed E-state index contributed by atoms with van der Waals surface area (Å²) >= 11 is 0. The Labute approximate surface area is 125 Å². The second-order valence-corrected chi connectivity index (χ2v) is 14.5. The van der Waals surface area contributed by atoms with Crippen LogP contribution >= 0.6 is 7.26 Å². The third-order valence-corrected chi connectivity index (χ3v) is 6.80. The molecule has 0 spiro atoms. The Balaban J connectivity index is 0. The summed E-state index contributed by atoms with van der Waals surface area (Å²) in [7, 11) is -13.9. The number of hydrogen-bond donors (Lipinski definition) is 1. The quantitative estimate of drug-likeness (QED) is 0.579. The van der Waals surface area contributed by atoms with Crippen LogP contribution in [0.15, 0.2) is 0 Å². The maximum atomic E-state index is 11.5. The van der Waals surface area contributed by atoms with Gasteiger partial charge in [-0.2, -0.15) is 26.3 Å². The number of alkyl halides is 6. The second-order valence-electron chi connectivity index (χ2n) is 5.29. The molecule has 0 aromatic carbocycles. The van der Waals surface area contributed by atoms with Gasteiger partial charge in [0, 0.05) is 0 Å². The monoisotopic (exact) mass is 401 g/mol. The topological polar surface area (TPSA) is 80.3 Å². The van der Waals surface area contributed by atoms with Gasteiger partial charge in [0.05, 0.1) is 0 Å². The molecule has 0 aliphatic heterocycles. The molecule has 138 valence electrons. The van der Waals surface area contributed by atoms with Crippen molar-refractivity contribution in [3.8, 4) is 0 Å². The fourth-order valence-corrected chi connectivity index (χ4v) is 4.40. The summed E-state index contributed by atoms with van der Waals surface area (Å²) in [5.74, 6) is 0. The molecule has 1 N–H and O–H groups in total. The van der Waals surface area contributed by atoms with Crippen LogP contribution in [0, 0.1) is 0 Å². The molecule has 0 aromatic heterocycles. The molecule has 0 saturated carbocycles. The first-order chi connectivity index (χ1) is 9.27. The Morgan fingerprint density at radius 3 is 1.18 bits per heavy atom. The van der Waals surface area contributed by atoms with E-state index in [2.05, 4.69) is 26.9 Å².